The summed E-state index contributed by atoms with van der Waals surface area (Å²) in [7, 11) is 1.56. The van der Waals surface area contributed by atoms with E-state index >= 15 is 0 Å². The number of nitrogens with one attached hydrogen (secondary N) is 1. The predicted octanol–water partition coefficient (Wildman–Crippen LogP) is -0.0558. The highest BCUT2D eigenvalue weighted by Gasteiger charge is 2.23. The van der Waals surface area contributed by atoms with E-state index in [1.54, 1.807) is 21.0 Å². The fourth-order valence-corrected chi connectivity index (χ4v) is 1.72. The molecule has 1 fully saturated rings. The summed E-state index contributed by atoms with van der Waals surface area (Å²) in [6, 6.07) is 0. The van der Waals surface area contributed by atoms with Crippen molar-refractivity contribution in [3.63, 3.8) is 0 Å². The smallest absolute Gasteiger partial charge is 0.325 e. The van der Waals surface area contributed by atoms with Gasteiger partial charge in [-0.2, -0.15) is 0 Å². The lowest BCUT2D eigenvalue weighted by molar-refractivity contribution is -0.148. The molecular weight excluding hydrogens is 248 g/mol. The van der Waals surface area contributed by atoms with E-state index in [1.807, 2.05) is 0 Å². The van der Waals surface area contributed by atoms with Gasteiger partial charge in [0.1, 0.15) is 6.54 Å². The maximum Gasteiger partial charge on any atom is 0.325 e. The van der Waals surface area contributed by atoms with Crippen molar-refractivity contribution in [3.8, 4) is 0 Å². The Kier molecular flexibility index (Phi) is 6.52. The minimum atomic E-state index is -0.392. The first kappa shape index (κ1) is 15.7. The van der Waals surface area contributed by atoms with E-state index in [9.17, 15) is 9.59 Å². The molecule has 0 bridgehead atoms. The molecule has 0 spiro atoms. The molecule has 1 amide bonds. The van der Waals surface area contributed by atoms with E-state index < -0.39 is 5.97 Å². The van der Waals surface area contributed by atoms with Crippen LogP contribution in [0.25, 0.3) is 0 Å². The molecule has 0 aromatic rings. The van der Waals surface area contributed by atoms with Crippen molar-refractivity contribution in [3.05, 3.63) is 11.1 Å². The van der Waals surface area contributed by atoms with Crippen LogP contribution in [0.1, 0.15) is 13.8 Å². The van der Waals surface area contributed by atoms with Crippen LogP contribution >= 0.6 is 0 Å². The highest BCUT2D eigenvalue weighted by molar-refractivity contribution is 5.95. The zero-order valence-electron chi connectivity index (χ0n) is 11.8. The summed E-state index contributed by atoms with van der Waals surface area (Å²) in [5.41, 5.74) is 1.80. The summed E-state index contributed by atoms with van der Waals surface area (Å²) >= 11 is 0. The van der Waals surface area contributed by atoms with Gasteiger partial charge in [-0.05, 0) is 19.4 Å². The molecule has 1 saturated heterocycles. The fraction of sp³-hybridized carbons (Fsp3) is 0.692. The van der Waals surface area contributed by atoms with Crippen LogP contribution in [0, 0.1) is 0 Å². The van der Waals surface area contributed by atoms with Crippen LogP contribution in [-0.4, -0.2) is 63.3 Å². The summed E-state index contributed by atoms with van der Waals surface area (Å²) in [4.78, 5) is 25.3. The van der Waals surface area contributed by atoms with E-state index in [4.69, 9.17) is 9.47 Å². The first-order valence-electron chi connectivity index (χ1n) is 6.43. The molecule has 19 heavy (non-hydrogen) atoms. The van der Waals surface area contributed by atoms with E-state index in [1.165, 1.54) is 4.90 Å². The third-order valence-electron chi connectivity index (χ3n) is 3.01. The van der Waals surface area contributed by atoms with E-state index in [-0.39, 0.29) is 12.5 Å². The average Bonchev–Trinajstić information content (AvgIpc) is 2.31. The molecule has 1 aliphatic heterocycles. The van der Waals surface area contributed by atoms with Crippen LogP contribution in [0.4, 0.5) is 0 Å². The molecule has 1 rings (SSSR count). The van der Waals surface area contributed by atoms with Crippen LogP contribution in [0.15, 0.2) is 11.1 Å². The number of amides is 1. The van der Waals surface area contributed by atoms with Crippen molar-refractivity contribution in [2.24, 2.45) is 0 Å². The molecule has 108 valence electrons. The molecule has 1 heterocycles. The lowest BCUT2D eigenvalue weighted by atomic mass is 10.0. The molecule has 1 N–H and O–H groups in total. The third-order valence-corrected chi connectivity index (χ3v) is 3.01. The van der Waals surface area contributed by atoms with Crippen LogP contribution in [-0.2, 0) is 19.1 Å². The molecule has 6 nitrogen and oxygen atoms in total. The van der Waals surface area contributed by atoms with Crippen LogP contribution in [0.3, 0.4) is 0 Å². The summed E-state index contributed by atoms with van der Waals surface area (Å²) in [6.07, 6.45) is 0. The second kappa shape index (κ2) is 7.91. The van der Waals surface area contributed by atoms with Crippen molar-refractivity contribution in [2.45, 2.75) is 13.8 Å². The van der Waals surface area contributed by atoms with Crippen molar-refractivity contribution < 1.29 is 19.1 Å². The number of rotatable bonds is 7. The van der Waals surface area contributed by atoms with Gasteiger partial charge in [-0.25, -0.2) is 0 Å². The van der Waals surface area contributed by atoms with Crippen molar-refractivity contribution in [1.82, 2.24) is 10.2 Å². The second-order valence-corrected chi connectivity index (χ2v) is 4.36. The zero-order valence-corrected chi connectivity index (χ0v) is 11.8. The van der Waals surface area contributed by atoms with Gasteiger partial charge in [-0.15, -0.1) is 0 Å². The maximum absolute atomic E-state index is 12.3. The van der Waals surface area contributed by atoms with E-state index in [0.717, 1.165) is 18.7 Å². The zero-order chi connectivity index (χ0) is 14.3. The van der Waals surface area contributed by atoms with Crippen LogP contribution < -0.4 is 5.32 Å². The predicted molar refractivity (Wildman–Crippen MR) is 70.7 cm³/mol. The van der Waals surface area contributed by atoms with Crippen molar-refractivity contribution >= 4 is 11.9 Å². The summed E-state index contributed by atoms with van der Waals surface area (Å²) in [5.74, 6) is -0.516. The highest BCUT2D eigenvalue weighted by Crippen LogP contribution is 2.12. The molecule has 0 atom stereocenters. The molecule has 0 unspecified atom stereocenters. The molecule has 0 radical (unpaired) electrons. The molecule has 6 heteroatoms. The normalized spacial score (nSPS) is 13.7. The summed E-state index contributed by atoms with van der Waals surface area (Å²) < 4.78 is 9.85. The average molecular weight is 270 g/mol. The van der Waals surface area contributed by atoms with Crippen LogP contribution in [0.5, 0.6) is 0 Å². The number of esters is 1. The van der Waals surface area contributed by atoms with Crippen LogP contribution in [0.2, 0.25) is 0 Å². The molecular formula is C13H22N2O4. The first-order chi connectivity index (χ1) is 9.10. The Bertz CT molecular complexity index is 360. The number of hydrogen-bond acceptors (Lipinski definition) is 5. The lowest BCUT2D eigenvalue weighted by Gasteiger charge is -2.26. The second-order valence-electron chi connectivity index (χ2n) is 4.36. The van der Waals surface area contributed by atoms with Gasteiger partial charge >= 0.3 is 5.97 Å². The first-order valence-corrected chi connectivity index (χ1v) is 6.43. The number of ether oxygens (including phenoxy) is 2. The number of carbonyl (C=O) groups is 2. The van der Waals surface area contributed by atoms with Gasteiger partial charge in [0.25, 0.3) is 0 Å². The minimum Gasteiger partial charge on any atom is -0.465 e. The van der Waals surface area contributed by atoms with Gasteiger partial charge in [-0.1, -0.05) is 0 Å². The Balaban J connectivity index is 2.66. The molecule has 1 aliphatic rings. The fourth-order valence-electron chi connectivity index (χ4n) is 1.72. The Morgan fingerprint density at radius 2 is 2.05 bits per heavy atom. The molecule has 0 saturated carbocycles. The summed E-state index contributed by atoms with van der Waals surface area (Å²) in [6.45, 7) is 6.08. The molecule has 0 aromatic carbocycles. The standard InChI is InChI=1S/C13H22N2O4/c1-4-19-12(16)9-15(5-6-18-3)13(17)10(2)11-7-14-8-11/h14H,4-9H2,1-3H3. The SMILES string of the molecule is CCOC(=O)CN(CCOC)C(=O)C(C)=C1CNC1. The number of nitrogens with zero attached hydrogens (tertiary/aromatic N) is 1. The largest absolute Gasteiger partial charge is 0.465 e. The minimum absolute atomic E-state index is 0.0336. The molecule has 0 aromatic heterocycles. The van der Waals surface area contributed by atoms with Gasteiger partial charge in [-0.3, -0.25) is 9.59 Å². The quantitative estimate of drug-likeness (QED) is 0.519. The molecule has 0 aliphatic carbocycles. The van der Waals surface area contributed by atoms with Gasteiger partial charge in [0.05, 0.1) is 13.2 Å². The van der Waals surface area contributed by atoms with Crippen molar-refractivity contribution in [2.75, 3.05) is 46.5 Å². The number of methoxy groups -OCH3 is 1. The highest BCUT2D eigenvalue weighted by atomic mass is 16.5. The Morgan fingerprint density at radius 3 is 2.53 bits per heavy atom. The Labute approximate surface area is 113 Å². The third kappa shape index (κ3) is 4.65. The van der Waals surface area contributed by atoms with E-state index in [0.29, 0.717) is 25.3 Å². The topological polar surface area (TPSA) is 67.9 Å². The van der Waals surface area contributed by atoms with Gasteiger partial charge in [0.15, 0.2) is 0 Å². The lowest BCUT2D eigenvalue weighted by Crippen LogP contribution is -2.42. The van der Waals surface area contributed by atoms with Crippen molar-refractivity contribution in [1.29, 1.82) is 0 Å². The number of hydrogen-bond donors (Lipinski definition) is 1. The Hall–Kier alpha value is -1.40. The Morgan fingerprint density at radius 1 is 1.37 bits per heavy atom. The number of carbonyl (C=O) groups excluding carboxylic acids is 2. The van der Waals surface area contributed by atoms with E-state index in [2.05, 4.69) is 5.32 Å². The van der Waals surface area contributed by atoms with Gasteiger partial charge in [0, 0.05) is 32.3 Å². The van der Waals surface area contributed by atoms with Gasteiger partial charge in [0.2, 0.25) is 5.91 Å². The monoisotopic (exact) mass is 270 g/mol. The van der Waals surface area contributed by atoms with Gasteiger partial charge < -0.3 is 19.7 Å². The summed E-state index contributed by atoms with van der Waals surface area (Å²) in [5, 5.41) is 3.10. The maximum atomic E-state index is 12.3.